The van der Waals surface area contributed by atoms with Crippen LogP contribution in [0.1, 0.15) is 38.5 Å². The van der Waals surface area contributed by atoms with Gasteiger partial charge in [-0.15, -0.1) is 0 Å². The molecule has 0 heterocycles. The minimum absolute atomic E-state index is 0.0641. The number of ether oxygens (including phenoxy) is 1. The Bertz CT molecular complexity index is 237. The van der Waals surface area contributed by atoms with E-state index in [1.807, 2.05) is 0 Å². The molecule has 106 valence electrons. The molecular formula is C14H27NO3. The molecule has 0 aliphatic heterocycles. The summed E-state index contributed by atoms with van der Waals surface area (Å²) in [5.41, 5.74) is 0.0641. The van der Waals surface area contributed by atoms with Crippen LogP contribution in [0.25, 0.3) is 0 Å². The van der Waals surface area contributed by atoms with Crippen LogP contribution in [0, 0.1) is 11.3 Å². The zero-order chi connectivity index (χ0) is 12.8. The van der Waals surface area contributed by atoms with E-state index in [-0.39, 0.29) is 12.0 Å². The van der Waals surface area contributed by atoms with E-state index < -0.39 is 6.10 Å². The molecule has 0 bridgehead atoms. The van der Waals surface area contributed by atoms with Crippen molar-refractivity contribution in [3.05, 3.63) is 0 Å². The zero-order valence-corrected chi connectivity index (χ0v) is 11.2. The van der Waals surface area contributed by atoms with Gasteiger partial charge in [0, 0.05) is 31.7 Å². The number of aliphatic hydroxyl groups is 2. The van der Waals surface area contributed by atoms with Crippen molar-refractivity contribution in [2.45, 2.75) is 44.6 Å². The van der Waals surface area contributed by atoms with Gasteiger partial charge in [0.15, 0.2) is 0 Å². The van der Waals surface area contributed by atoms with E-state index >= 15 is 0 Å². The van der Waals surface area contributed by atoms with Crippen LogP contribution in [0.15, 0.2) is 0 Å². The molecule has 0 saturated heterocycles. The van der Waals surface area contributed by atoms with Gasteiger partial charge in [0.2, 0.25) is 0 Å². The van der Waals surface area contributed by atoms with Crippen LogP contribution in [0.4, 0.5) is 0 Å². The molecule has 4 heteroatoms. The van der Waals surface area contributed by atoms with Crippen molar-refractivity contribution in [3.8, 4) is 0 Å². The lowest BCUT2D eigenvalue weighted by Gasteiger charge is -2.27. The van der Waals surface area contributed by atoms with E-state index in [0.717, 1.165) is 31.9 Å². The summed E-state index contributed by atoms with van der Waals surface area (Å²) in [6.07, 6.45) is 6.78. The van der Waals surface area contributed by atoms with Crippen LogP contribution in [-0.4, -0.2) is 49.2 Å². The van der Waals surface area contributed by atoms with Crippen LogP contribution in [0.5, 0.6) is 0 Å². The lowest BCUT2D eigenvalue weighted by atomic mass is 9.87. The number of aliphatic hydroxyl groups excluding tert-OH is 2. The van der Waals surface area contributed by atoms with Gasteiger partial charge in [-0.3, -0.25) is 0 Å². The second kappa shape index (κ2) is 6.85. The third-order valence-electron chi connectivity index (χ3n) is 4.24. The maximum Gasteiger partial charge on any atom is 0.0897 e. The summed E-state index contributed by atoms with van der Waals surface area (Å²) in [7, 11) is 0. The third-order valence-corrected chi connectivity index (χ3v) is 4.24. The largest absolute Gasteiger partial charge is 0.396 e. The molecule has 2 rings (SSSR count). The molecule has 1 unspecified atom stereocenters. The number of nitrogens with one attached hydrogen (secondary N) is 1. The molecule has 0 amide bonds. The van der Waals surface area contributed by atoms with E-state index in [2.05, 4.69) is 5.32 Å². The second-order valence-corrected chi connectivity index (χ2v) is 6.13. The molecule has 2 fully saturated rings. The fourth-order valence-corrected chi connectivity index (χ4v) is 2.73. The van der Waals surface area contributed by atoms with Gasteiger partial charge >= 0.3 is 0 Å². The highest BCUT2D eigenvalue weighted by atomic mass is 16.5. The van der Waals surface area contributed by atoms with Gasteiger partial charge in [0.25, 0.3) is 0 Å². The highest BCUT2D eigenvalue weighted by Crippen LogP contribution is 2.36. The smallest absolute Gasteiger partial charge is 0.0897 e. The summed E-state index contributed by atoms with van der Waals surface area (Å²) in [4.78, 5) is 0. The molecule has 0 aromatic rings. The molecule has 18 heavy (non-hydrogen) atoms. The standard InChI is InChI=1S/C14H27NO3/c16-11-14(5-1-2-6-14)10-15-7-13(17)9-18-8-12-3-4-12/h12-13,15-17H,1-11H2. The maximum atomic E-state index is 9.76. The Labute approximate surface area is 110 Å². The number of hydrogen-bond acceptors (Lipinski definition) is 4. The fraction of sp³-hybridized carbons (Fsp3) is 1.00. The Hall–Kier alpha value is -0.160. The average Bonchev–Trinajstić information content (AvgIpc) is 3.07. The van der Waals surface area contributed by atoms with Crippen molar-refractivity contribution >= 4 is 0 Å². The van der Waals surface area contributed by atoms with Crippen LogP contribution in [-0.2, 0) is 4.74 Å². The summed E-state index contributed by atoms with van der Waals surface area (Å²) < 4.78 is 5.45. The van der Waals surface area contributed by atoms with Crippen molar-refractivity contribution in [2.75, 3.05) is 32.9 Å². The Kier molecular flexibility index (Phi) is 5.42. The molecule has 2 aliphatic rings. The molecule has 0 aromatic carbocycles. The second-order valence-electron chi connectivity index (χ2n) is 6.13. The highest BCUT2D eigenvalue weighted by molar-refractivity contribution is 4.86. The summed E-state index contributed by atoms with van der Waals surface area (Å²) in [5, 5.41) is 22.5. The first kappa shape index (κ1) is 14.3. The van der Waals surface area contributed by atoms with Crippen LogP contribution in [0.3, 0.4) is 0 Å². The quantitative estimate of drug-likeness (QED) is 0.575. The van der Waals surface area contributed by atoms with Gasteiger partial charge in [-0.1, -0.05) is 12.8 Å². The van der Waals surface area contributed by atoms with Gasteiger partial charge < -0.3 is 20.3 Å². The SMILES string of the molecule is OCC1(CNCC(O)COCC2CC2)CCCC1. The summed E-state index contributed by atoms with van der Waals surface area (Å²) in [5.74, 6) is 0.751. The minimum Gasteiger partial charge on any atom is -0.396 e. The Morgan fingerprint density at radius 1 is 1.28 bits per heavy atom. The average molecular weight is 257 g/mol. The number of rotatable bonds is 9. The minimum atomic E-state index is -0.430. The van der Waals surface area contributed by atoms with Crippen molar-refractivity contribution in [1.82, 2.24) is 5.32 Å². The Balaban J connectivity index is 1.52. The predicted octanol–water partition coefficient (Wildman–Crippen LogP) is 0.916. The van der Waals surface area contributed by atoms with Crippen molar-refractivity contribution in [1.29, 1.82) is 0 Å². The normalized spacial score (nSPS) is 24.3. The van der Waals surface area contributed by atoms with E-state index in [9.17, 15) is 10.2 Å². The van der Waals surface area contributed by atoms with E-state index in [1.54, 1.807) is 0 Å². The summed E-state index contributed by atoms with van der Waals surface area (Å²) >= 11 is 0. The first-order valence-electron chi connectivity index (χ1n) is 7.31. The molecule has 3 N–H and O–H groups in total. The van der Waals surface area contributed by atoms with Crippen LogP contribution < -0.4 is 5.32 Å². The topological polar surface area (TPSA) is 61.7 Å². The maximum absolute atomic E-state index is 9.76. The lowest BCUT2D eigenvalue weighted by molar-refractivity contribution is 0.0298. The van der Waals surface area contributed by atoms with E-state index in [4.69, 9.17) is 4.74 Å². The third kappa shape index (κ3) is 4.50. The molecular weight excluding hydrogens is 230 g/mol. The van der Waals surface area contributed by atoms with Crippen molar-refractivity contribution in [2.24, 2.45) is 11.3 Å². The first-order chi connectivity index (χ1) is 8.74. The molecule has 0 aromatic heterocycles. The fourth-order valence-electron chi connectivity index (χ4n) is 2.73. The summed E-state index contributed by atoms with van der Waals surface area (Å²) in [6, 6.07) is 0. The van der Waals surface area contributed by atoms with Gasteiger partial charge in [-0.05, 0) is 31.6 Å². The molecule has 0 spiro atoms. The van der Waals surface area contributed by atoms with Gasteiger partial charge in [0.05, 0.1) is 12.7 Å². The van der Waals surface area contributed by atoms with Crippen LogP contribution >= 0.6 is 0 Å². The Morgan fingerprint density at radius 2 is 2.00 bits per heavy atom. The lowest BCUT2D eigenvalue weighted by Crippen LogP contribution is -2.39. The van der Waals surface area contributed by atoms with Crippen LogP contribution in [0.2, 0.25) is 0 Å². The van der Waals surface area contributed by atoms with Gasteiger partial charge in [-0.25, -0.2) is 0 Å². The van der Waals surface area contributed by atoms with Crippen molar-refractivity contribution in [3.63, 3.8) is 0 Å². The molecule has 2 aliphatic carbocycles. The molecule has 2 saturated carbocycles. The molecule has 4 nitrogen and oxygen atoms in total. The number of hydrogen-bond donors (Lipinski definition) is 3. The van der Waals surface area contributed by atoms with E-state index in [1.165, 1.54) is 25.7 Å². The first-order valence-corrected chi connectivity index (χ1v) is 7.31. The van der Waals surface area contributed by atoms with Gasteiger partial charge in [0.1, 0.15) is 0 Å². The zero-order valence-electron chi connectivity index (χ0n) is 11.2. The molecule has 1 atom stereocenters. The monoisotopic (exact) mass is 257 g/mol. The summed E-state index contributed by atoms with van der Waals surface area (Å²) in [6.45, 7) is 2.86. The predicted molar refractivity (Wildman–Crippen MR) is 70.4 cm³/mol. The highest BCUT2D eigenvalue weighted by Gasteiger charge is 2.32. The Morgan fingerprint density at radius 3 is 2.61 bits per heavy atom. The van der Waals surface area contributed by atoms with Gasteiger partial charge in [-0.2, -0.15) is 0 Å². The van der Waals surface area contributed by atoms with Crippen molar-refractivity contribution < 1.29 is 14.9 Å². The molecule has 0 radical (unpaired) electrons. The van der Waals surface area contributed by atoms with E-state index in [0.29, 0.717) is 13.2 Å².